The molecule has 1 aliphatic rings. The van der Waals surface area contributed by atoms with E-state index in [4.69, 9.17) is 0 Å². The van der Waals surface area contributed by atoms with Crippen LogP contribution in [0, 0.1) is 0 Å². The van der Waals surface area contributed by atoms with Gasteiger partial charge in [-0.1, -0.05) is 26.0 Å². The maximum atomic E-state index is 9.82. The quantitative estimate of drug-likeness (QED) is 0.872. The summed E-state index contributed by atoms with van der Waals surface area (Å²) in [4.78, 5) is 2.53. The van der Waals surface area contributed by atoms with E-state index in [0.717, 1.165) is 12.0 Å². The second-order valence-corrected chi connectivity index (χ2v) is 5.27. The van der Waals surface area contributed by atoms with E-state index in [2.05, 4.69) is 36.1 Å². The molecule has 1 fully saturated rings. The fourth-order valence-electron chi connectivity index (χ4n) is 2.89. The average molecular weight is 247 g/mol. The van der Waals surface area contributed by atoms with Crippen molar-refractivity contribution in [3.8, 4) is 0 Å². The molecule has 0 bridgehead atoms. The third-order valence-corrected chi connectivity index (χ3v) is 4.09. The van der Waals surface area contributed by atoms with Crippen LogP contribution in [0.2, 0.25) is 0 Å². The van der Waals surface area contributed by atoms with Crippen LogP contribution in [0.3, 0.4) is 0 Å². The Hall–Kier alpha value is -1.02. The zero-order valence-corrected chi connectivity index (χ0v) is 11.6. The Bertz CT molecular complexity index is 360. The summed E-state index contributed by atoms with van der Waals surface area (Å²) in [5, 5.41) is 9.82. The number of anilines is 1. The molecule has 2 nitrogen and oxygen atoms in total. The molecule has 2 heteroatoms. The van der Waals surface area contributed by atoms with E-state index in [1.54, 1.807) is 0 Å². The van der Waals surface area contributed by atoms with E-state index in [0.29, 0.717) is 6.04 Å². The lowest BCUT2D eigenvalue weighted by atomic mass is 9.98. The lowest BCUT2D eigenvalue weighted by Crippen LogP contribution is -2.39. The number of aliphatic hydroxyl groups excluding tert-OH is 1. The minimum Gasteiger partial charge on any atom is -0.388 e. The monoisotopic (exact) mass is 247 g/mol. The van der Waals surface area contributed by atoms with Crippen LogP contribution < -0.4 is 4.90 Å². The molecule has 2 unspecified atom stereocenters. The van der Waals surface area contributed by atoms with Crippen molar-refractivity contribution in [2.45, 2.75) is 58.1 Å². The first-order valence-electron chi connectivity index (χ1n) is 7.31. The molecule has 1 aliphatic heterocycles. The molecule has 2 atom stereocenters. The molecule has 1 aromatic carbocycles. The van der Waals surface area contributed by atoms with E-state index in [-0.39, 0.29) is 6.10 Å². The van der Waals surface area contributed by atoms with E-state index < -0.39 is 0 Å². The molecule has 0 radical (unpaired) electrons. The Balaban J connectivity index is 2.12. The smallest absolute Gasteiger partial charge is 0.0787 e. The highest BCUT2D eigenvalue weighted by Crippen LogP contribution is 2.28. The molecule has 1 N–H and O–H groups in total. The standard InChI is InChI=1S/C16H25NO/c1-3-14-7-5-6-12-17(14)15-10-8-13(9-11-15)16(18)4-2/h8-11,14,16,18H,3-7,12H2,1-2H3. The summed E-state index contributed by atoms with van der Waals surface area (Å²) in [5.41, 5.74) is 2.35. The number of rotatable bonds is 4. The molecule has 1 saturated heterocycles. The van der Waals surface area contributed by atoms with Gasteiger partial charge in [0.1, 0.15) is 0 Å². The number of piperidine rings is 1. The van der Waals surface area contributed by atoms with Crippen LogP contribution in [0.5, 0.6) is 0 Å². The Labute approximate surface area is 111 Å². The average Bonchev–Trinajstić information content (AvgIpc) is 2.46. The van der Waals surface area contributed by atoms with Gasteiger partial charge in [0.2, 0.25) is 0 Å². The Morgan fingerprint density at radius 2 is 1.94 bits per heavy atom. The van der Waals surface area contributed by atoms with Crippen molar-refractivity contribution in [2.75, 3.05) is 11.4 Å². The van der Waals surface area contributed by atoms with Crippen molar-refractivity contribution in [2.24, 2.45) is 0 Å². The molecule has 1 heterocycles. The fraction of sp³-hybridized carbons (Fsp3) is 0.625. The zero-order valence-electron chi connectivity index (χ0n) is 11.6. The van der Waals surface area contributed by atoms with Gasteiger partial charge in [-0.3, -0.25) is 0 Å². The molecule has 2 rings (SSSR count). The summed E-state index contributed by atoms with van der Waals surface area (Å²) in [5.74, 6) is 0. The fourth-order valence-corrected chi connectivity index (χ4v) is 2.89. The highest BCUT2D eigenvalue weighted by molar-refractivity contribution is 5.49. The van der Waals surface area contributed by atoms with Gasteiger partial charge in [0.05, 0.1) is 6.10 Å². The Morgan fingerprint density at radius 1 is 1.22 bits per heavy atom. The van der Waals surface area contributed by atoms with Crippen LogP contribution >= 0.6 is 0 Å². The Kier molecular flexibility index (Phi) is 4.65. The van der Waals surface area contributed by atoms with Crippen LogP contribution in [0.15, 0.2) is 24.3 Å². The number of hydrogen-bond acceptors (Lipinski definition) is 2. The van der Waals surface area contributed by atoms with Crippen LogP contribution in [0.4, 0.5) is 5.69 Å². The SMILES string of the molecule is CCC(O)c1ccc(N2CCCCC2CC)cc1. The van der Waals surface area contributed by atoms with Crippen molar-refractivity contribution in [1.82, 2.24) is 0 Å². The molecular weight excluding hydrogens is 222 g/mol. The van der Waals surface area contributed by atoms with Crippen LogP contribution in [-0.4, -0.2) is 17.7 Å². The highest BCUT2D eigenvalue weighted by atomic mass is 16.3. The van der Waals surface area contributed by atoms with Crippen molar-refractivity contribution in [1.29, 1.82) is 0 Å². The van der Waals surface area contributed by atoms with Crippen molar-refractivity contribution in [3.05, 3.63) is 29.8 Å². The van der Waals surface area contributed by atoms with Crippen molar-refractivity contribution in [3.63, 3.8) is 0 Å². The Morgan fingerprint density at radius 3 is 2.56 bits per heavy atom. The van der Waals surface area contributed by atoms with Gasteiger partial charge in [-0.05, 0) is 49.8 Å². The van der Waals surface area contributed by atoms with Crippen LogP contribution in [0.25, 0.3) is 0 Å². The van der Waals surface area contributed by atoms with Crippen molar-refractivity contribution < 1.29 is 5.11 Å². The summed E-state index contributed by atoms with van der Waals surface area (Å²) in [6.07, 6.45) is 5.66. The third-order valence-electron chi connectivity index (χ3n) is 4.09. The van der Waals surface area contributed by atoms with Crippen molar-refractivity contribution >= 4 is 5.69 Å². The molecule has 0 amide bonds. The lowest BCUT2D eigenvalue weighted by Gasteiger charge is -2.37. The number of benzene rings is 1. The molecule has 0 saturated carbocycles. The summed E-state index contributed by atoms with van der Waals surface area (Å²) in [6, 6.07) is 9.18. The molecule has 1 aromatic rings. The van der Waals surface area contributed by atoms with Gasteiger partial charge in [0.25, 0.3) is 0 Å². The van der Waals surface area contributed by atoms with E-state index >= 15 is 0 Å². The topological polar surface area (TPSA) is 23.5 Å². The summed E-state index contributed by atoms with van der Waals surface area (Å²) in [7, 11) is 0. The van der Waals surface area contributed by atoms with Gasteiger partial charge in [-0.2, -0.15) is 0 Å². The first-order valence-corrected chi connectivity index (χ1v) is 7.31. The summed E-state index contributed by atoms with van der Waals surface area (Å²) in [6.45, 7) is 5.46. The minimum absolute atomic E-state index is 0.317. The maximum absolute atomic E-state index is 9.82. The minimum atomic E-state index is -0.317. The van der Waals surface area contributed by atoms with Gasteiger partial charge in [0, 0.05) is 18.3 Å². The van der Waals surface area contributed by atoms with Gasteiger partial charge in [-0.25, -0.2) is 0 Å². The van der Waals surface area contributed by atoms with Gasteiger partial charge in [0.15, 0.2) is 0 Å². The molecule has 18 heavy (non-hydrogen) atoms. The maximum Gasteiger partial charge on any atom is 0.0787 e. The van der Waals surface area contributed by atoms with Crippen LogP contribution in [0.1, 0.15) is 57.6 Å². The second-order valence-electron chi connectivity index (χ2n) is 5.27. The second kappa shape index (κ2) is 6.24. The molecule has 0 spiro atoms. The number of hydrogen-bond donors (Lipinski definition) is 1. The molecule has 0 aliphatic carbocycles. The van der Waals surface area contributed by atoms with E-state index in [1.807, 2.05) is 6.92 Å². The normalized spacial score (nSPS) is 21.9. The predicted molar refractivity (Wildman–Crippen MR) is 77.0 cm³/mol. The van der Waals surface area contributed by atoms with Crippen LogP contribution in [-0.2, 0) is 0 Å². The van der Waals surface area contributed by atoms with Gasteiger partial charge >= 0.3 is 0 Å². The molecule has 0 aromatic heterocycles. The van der Waals surface area contributed by atoms with E-state index in [1.165, 1.54) is 37.9 Å². The number of nitrogens with zero attached hydrogens (tertiary/aromatic N) is 1. The zero-order chi connectivity index (χ0) is 13.0. The predicted octanol–water partition coefficient (Wildman–Crippen LogP) is 3.90. The summed E-state index contributed by atoms with van der Waals surface area (Å²) >= 11 is 0. The lowest BCUT2D eigenvalue weighted by molar-refractivity contribution is 0.173. The van der Waals surface area contributed by atoms with Gasteiger partial charge in [-0.15, -0.1) is 0 Å². The molecule has 100 valence electrons. The first kappa shape index (κ1) is 13.4. The van der Waals surface area contributed by atoms with E-state index in [9.17, 15) is 5.11 Å². The summed E-state index contributed by atoms with van der Waals surface area (Å²) < 4.78 is 0. The largest absolute Gasteiger partial charge is 0.388 e. The third kappa shape index (κ3) is 2.86. The molecular formula is C16H25NO. The van der Waals surface area contributed by atoms with Gasteiger partial charge < -0.3 is 10.0 Å². The highest BCUT2D eigenvalue weighted by Gasteiger charge is 2.20. The first-order chi connectivity index (χ1) is 8.76. The number of aliphatic hydroxyl groups is 1.